The van der Waals surface area contributed by atoms with Crippen LogP contribution < -0.4 is 0 Å². The zero-order valence-corrected chi connectivity index (χ0v) is 16.1. The van der Waals surface area contributed by atoms with Crippen LogP contribution >= 0.6 is 0 Å². The number of likely N-dealkylation sites (tertiary alicyclic amines) is 1. The van der Waals surface area contributed by atoms with Crippen molar-refractivity contribution in [2.24, 2.45) is 0 Å². The van der Waals surface area contributed by atoms with Gasteiger partial charge in [0.1, 0.15) is 6.04 Å². The molecule has 2 unspecified atom stereocenters. The fourth-order valence-corrected chi connectivity index (χ4v) is 5.49. The zero-order valence-electron chi connectivity index (χ0n) is 15.3. The Morgan fingerprint density at radius 3 is 2.52 bits per heavy atom. The SMILES string of the molecule is CCCS(=O)(=O)N1CCCC1C(=O)OCC(=O)N1CCCCC1CC. The molecule has 0 saturated carbocycles. The highest BCUT2D eigenvalue weighted by Crippen LogP contribution is 2.23. The number of carbonyl (C=O) groups is 2. The van der Waals surface area contributed by atoms with Crippen molar-refractivity contribution in [3.63, 3.8) is 0 Å². The summed E-state index contributed by atoms with van der Waals surface area (Å²) in [5.74, 6) is -0.752. The predicted molar refractivity (Wildman–Crippen MR) is 94.4 cm³/mol. The molecular weight excluding hydrogens is 344 g/mol. The number of sulfonamides is 1. The molecule has 2 aliphatic heterocycles. The maximum absolute atomic E-state index is 12.4. The minimum Gasteiger partial charge on any atom is -0.454 e. The van der Waals surface area contributed by atoms with E-state index in [0.717, 1.165) is 25.7 Å². The Morgan fingerprint density at radius 1 is 1.08 bits per heavy atom. The van der Waals surface area contributed by atoms with Gasteiger partial charge in [-0.25, -0.2) is 8.42 Å². The average Bonchev–Trinajstić information content (AvgIpc) is 3.10. The van der Waals surface area contributed by atoms with Gasteiger partial charge in [-0.2, -0.15) is 4.31 Å². The quantitative estimate of drug-likeness (QED) is 0.631. The summed E-state index contributed by atoms with van der Waals surface area (Å²) < 4.78 is 31.0. The van der Waals surface area contributed by atoms with E-state index in [1.165, 1.54) is 4.31 Å². The molecule has 2 aliphatic rings. The monoisotopic (exact) mass is 374 g/mol. The Balaban J connectivity index is 1.91. The summed E-state index contributed by atoms with van der Waals surface area (Å²) in [6, 6.07) is -0.569. The zero-order chi connectivity index (χ0) is 18.4. The fourth-order valence-electron chi connectivity index (χ4n) is 3.75. The highest BCUT2D eigenvalue weighted by atomic mass is 32.2. The molecule has 0 radical (unpaired) electrons. The second-order valence-corrected chi connectivity index (χ2v) is 8.88. The van der Waals surface area contributed by atoms with Gasteiger partial charge in [0, 0.05) is 19.1 Å². The van der Waals surface area contributed by atoms with Gasteiger partial charge in [0.05, 0.1) is 5.75 Å². The summed E-state index contributed by atoms with van der Waals surface area (Å²) in [5, 5.41) is 0. The van der Waals surface area contributed by atoms with Gasteiger partial charge in [-0.15, -0.1) is 0 Å². The van der Waals surface area contributed by atoms with Crippen LogP contribution in [0.25, 0.3) is 0 Å². The predicted octanol–water partition coefficient (Wildman–Crippen LogP) is 1.52. The van der Waals surface area contributed by atoms with E-state index in [1.54, 1.807) is 11.8 Å². The van der Waals surface area contributed by atoms with E-state index < -0.39 is 22.0 Å². The van der Waals surface area contributed by atoms with Crippen LogP contribution in [-0.2, 0) is 24.3 Å². The molecule has 2 saturated heterocycles. The largest absolute Gasteiger partial charge is 0.454 e. The second-order valence-electron chi connectivity index (χ2n) is 6.84. The molecular formula is C17H30N2O5S. The summed E-state index contributed by atoms with van der Waals surface area (Å²) in [6.45, 7) is 4.60. The maximum Gasteiger partial charge on any atom is 0.324 e. The van der Waals surface area contributed by atoms with Gasteiger partial charge in [0.2, 0.25) is 10.0 Å². The first-order valence-corrected chi connectivity index (χ1v) is 11.0. The molecule has 2 fully saturated rings. The van der Waals surface area contributed by atoms with Crippen molar-refractivity contribution < 1.29 is 22.7 Å². The van der Waals surface area contributed by atoms with Gasteiger partial charge in [-0.1, -0.05) is 13.8 Å². The Bertz CT molecular complexity index is 578. The Hall–Kier alpha value is -1.15. The molecule has 1 amide bonds. The first-order chi connectivity index (χ1) is 11.9. The van der Waals surface area contributed by atoms with Crippen molar-refractivity contribution in [3.8, 4) is 0 Å². The van der Waals surface area contributed by atoms with E-state index in [0.29, 0.717) is 32.4 Å². The summed E-state index contributed by atoms with van der Waals surface area (Å²) in [4.78, 5) is 26.5. The minimum atomic E-state index is -3.44. The first kappa shape index (κ1) is 20.2. The van der Waals surface area contributed by atoms with Gasteiger partial charge in [0.25, 0.3) is 5.91 Å². The number of amides is 1. The highest BCUT2D eigenvalue weighted by molar-refractivity contribution is 7.89. The number of nitrogens with zero attached hydrogens (tertiary/aromatic N) is 2. The molecule has 144 valence electrons. The van der Waals surface area contributed by atoms with E-state index in [2.05, 4.69) is 6.92 Å². The molecule has 25 heavy (non-hydrogen) atoms. The standard InChI is InChI=1S/C17H30N2O5S/c1-3-12-25(22,23)19-11-7-9-15(19)17(21)24-13-16(20)18-10-6-5-8-14(18)4-2/h14-15H,3-13H2,1-2H3. The molecule has 7 nitrogen and oxygen atoms in total. The summed E-state index contributed by atoms with van der Waals surface area (Å²) in [5.41, 5.74) is 0. The van der Waals surface area contributed by atoms with E-state index in [-0.39, 0.29) is 24.3 Å². The Kier molecular flexibility index (Phi) is 7.25. The molecule has 0 aliphatic carbocycles. The molecule has 2 rings (SSSR count). The third kappa shape index (κ3) is 4.94. The van der Waals surface area contributed by atoms with Crippen LogP contribution in [0.5, 0.6) is 0 Å². The van der Waals surface area contributed by atoms with Crippen molar-refractivity contribution >= 4 is 21.9 Å². The van der Waals surface area contributed by atoms with Crippen LogP contribution in [0, 0.1) is 0 Å². The van der Waals surface area contributed by atoms with Gasteiger partial charge in [-0.05, 0) is 44.9 Å². The van der Waals surface area contributed by atoms with Crippen molar-refractivity contribution in [1.29, 1.82) is 0 Å². The Morgan fingerprint density at radius 2 is 1.84 bits per heavy atom. The van der Waals surface area contributed by atoms with Crippen LogP contribution in [0.3, 0.4) is 0 Å². The normalized spacial score (nSPS) is 25.1. The van der Waals surface area contributed by atoms with Crippen molar-refractivity contribution in [1.82, 2.24) is 9.21 Å². The molecule has 0 bridgehead atoms. The van der Waals surface area contributed by atoms with Crippen LogP contribution in [0.1, 0.15) is 58.8 Å². The van der Waals surface area contributed by atoms with Crippen LogP contribution in [-0.4, -0.2) is 67.0 Å². The van der Waals surface area contributed by atoms with E-state index in [1.807, 2.05) is 0 Å². The lowest BCUT2D eigenvalue weighted by Crippen LogP contribution is -2.47. The van der Waals surface area contributed by atoms with E-state index in [9.17, 15) is 18.0 Å². The molecule has 0 N–H and O–H groups in total. The number of esters is 1. The fraction of sp³-hybridized carbons (Fsp3) is 0.882. The molecule has 0 spiro atoms. The van der Waals surface area contributed by atoms with E-state index in [4.69, 9.17) is 4.74 Å². The highest BCUT2D eigenvalue weighted by Gasteiger charge is 2.39. The van der Waals surface area contributed by atoms with Gasteiger partial charge in [-0.3, -0.25) is 9.59 Å². The molecule has 0 aromatic heterocycles. The maximum atomic E-state index is 12.4. The third-order valence-electron chi connectivity index (χ3n) is 5.05. The van der Waals surface area contributed by atoms with Crippen molar-refractivity contribution in [3.05, 3.63) is 0 Å². The summed E-state index contributed by atoms with van der Waals surface area (Å²) >= 11 is 0. The average molecular weight is 375 g/mol. The summed E-state index contributed by atoms with van der Waals surface area (Å²) in [6.07, 6.45) is 5.58. The van der Waals surface area contributed by atoms with Gasteiger partial charge in [0.15, 0.2) is 6.61 Å². The van der Waals surface area contributed by atoms with Gasteiger partial charge >= 0.3 is 5.97 Å². The van der Waals surface area contributed by atoms with E-state index >= 15 is 0 Å². The molecule has 2 heterocycles. The summed E-state index contributed by atoms with van der Waals surface area (Å²) in [7, 11) is -3.44. The number of ether oxygens (including phenoxy) is 1. The van der Waals surface area contributed by atoms with Gasteiger partial charge < -0.3 is 9.64 Å². The number of hydrogen-bond acceptors (Lipinski definition) is 5. The van der Waals surface area contributed by atoms with Crippen LogP contribution in [0.15, 0.2) is 0 Å². The smallest absolute Gasteiger partial charge is 0.324 e. The Labute approximate surface area is 150 Å². The second kappa shape index (κ2) is 8.98. The lowest BCUT2D eigenvalue weighted by atomic mass is 10.00. The van der Waals surface area contributed by atoms with Crippen molar-refractivity contribution in [2.75, 3.05) is 25.4 Å². The molecule has 0 aromatic carbocycles. The minimum absolute atomic E-state index is 0.0294. The number of rotatable bonds is 7. The molecule has 8 heteroatoms. The first-order valence-electron chi connectivity index (χ1n) is 9.36. The lowest BCUT2D eigenvalue weighted by molar-refractivity contribution is -0.156. The topological polar surface area (TPSA) is 84.0 Å². The third-order valence-corrected chi connectivity index (χ3v) is 7.13. The van der Waals surface area contributed by atoms with Crippen molar-refractivity contribution in [2.45, 2.75) is 70.9 Å². The molecule has 0 aromatic rings. The number of piperidine rings is 1. The van der Waals surface area contributed by atoms with Crippen LogP contribution in [0.2, 0.25) is 0 Å². The lowest BCUT2D eigenvalue weighted by Gasteiger charge is -2.35. The van der Waals surface area contributed by atoms with Crippen LogP contribution in [0.4, 0.5) is 0 Å². The number of carbonyl (C=O) groups excluding carboxylic acids is 2. The number of hydrogen-bond donors (Lipinski definition) is 0. The molecule has 2 atom stereocenters.